The van der Waals surface area contributed by atoms with Crippen molar-refractivity contribution in [2.24, 2.45) is 0 Å². The average molecular weight is 549 g/mol. The normalized spacial score (nSPS) is 12.2. The van der Waals surface area contributed by atoms with Gasteiger partial charge >= 0.3 is 0 Å². The Hall–Kier alpha value is -2.00. The van der Waals surface area contributed by atoms with Crippen LogP contribution in [-0.4, -0.2) is 50.5 Å². The number of anilines is 1. The van der Waals surface area contributed by atoms with E-state index >= 15 is 0 Å². The number of hydrogen-bond acceptors (Lipinski definition) is 4. The number of halogens is 3. The van der Waals surface area contributed by atoms with Crippen LogP contribution in [0, 0.1) is 0 Å². The molecule has 34 heavy (non-hydrogen) atoms. The second kappa shape index (κ2) is 12.6. The number of para-hydroxylation sites is 1. The maximum Gasteiger partial charge on any atom is 0.244 e. The third kappa shape index (κ3) is 7.50. The zero-order valence-corrected chi connectivity index (χ0v) is 22.3. The topological polar surface area (TPSA) is 86.8 Å². The second-order valence-corrected chi connectivity index (χ2v) is 10.9. The van der Waals surface area contributed by atoms with Crippen LogP contribution in [0.15, 0.2) is 42.5 Å². The van der Waals surface area contributed by atoms with Gasteiger partial charge in [-0.3, -0.25) is 13.9 Å². The molecule has 0 spiro atoms. The standard InChI is InChI=1S/C23H28Cl3N3O4S/c1-4-12-27-23(31)20(5-2)28(14-16-10-11-17(24)13-19(16)26)22(30)15-29(34(3,32)33)21-9-7-6-8-18(21)25/h6-11,13,20H,4-5,12,14-15H2,1-3H3,(H,27,31). The quantitative estimate of drug-likeness (QED) is 0.439. The molecular weight excluding hydrogens is 521 g/mol. The van der Waals surface area contributed by atoms with Gasteiger partial charge in [0, 0.05) is 23.1 Å². The van der Waals surface area contributed by atoms with Crippen molar-refractivity contribution in [1.29, 1.82) is 0 Å². The molecule has 0 radical (unpaired) electrons. The van der Waals surface area contributed by atoms with Crippen LogP contribution in [0.5, 0.6) is 0 Å². The highest BCUT2D eigenvalue weighted by Gasteiger charge is 2.32. The third-order valence-corrected chi connectivity index (χ3v) is 7.12. The van der Waals surface area contributed by atoms with Crippen molar-refractivity contribution in [2.75, 3.05) is 23.7 Å². The van der Waals surface area contributed by atoms with E-state index in [0.29, 0.717) is 28.6 Å². The van der Waals surface area contributed by atoms with Crippen LogP contribution in [0.1, 0.15) is 32.3 Å². The van der Waals surface area contributed by atoms with E-state index < -0.39 is 28.5 Å². The Balaban J connectivity index is 2.47. The Morgan fingerprint density at radius 1 is 1.03 bits per heavy atom. The maximum atomic E-state index is 13.6. The molecule has 0 aliphatic heterocycles. The molecule has 2 aromatic rings. The molecule has 2 aromatic carbocycles. The van der Waals surface area contributed by atoms with Crippen LogP contribution in [0.4, 0.5) is 5.69 Å². The summed E-state index contributed by atoms with van der Waals surface area (Å²) < 4.78 is 26.1. The molecule has 0 aromatic heterocycles. The van der Waals surface area contributed by atoms with Crippen LogP contribution < -0.4 is 9.62 Å². The molecule has 0 saturated heterocycles. The summed E-state index contributed by atoms with van der Waals surface area (Å²) >= 11 is 18.6. The number of hydrogen-bond donors (Lipinski definition) is 1. The number of rotatable bonds is 11. The zero-order chi connectivity index (χ0) is 25.5. The zero-order valence-electron chi connectivity index (χ0n) is 19.2. The Kier molecular flexibility index (Phi) is 10.5. The first-order chi connectivity index (χ1) is 16.0. The van der Waals surface area contributed by atoms with Gasteiger partial charge in [-0.15, -0.1) is 0 Å². The fourth-order valence-corrected chi connectivity index (χ4v) is 4.99. The fraction of sp³-hybridized carbons (Fsp3) is 0.391. The number of carbonyl (C=O) groups excluding carboxylic acids is 2. The predicted molar refractivity (Wildman–Crippen MR) is 138 cm³/mol. The van der Waals surface area contributed by atoms with E-state index in [1.165, 1.54) is 17.0 Å². The molecule has 0 heterocycles. The Bertz CT molecular complexity index is 1130. The molecule has 0 saturated carbocycles. The van der Waals surface area contributed by atoms with Gasteiger partial charge in [0.25, 0.3) is 0 Å². The largest absolute Gasteiger partial charge is 0.354 e. The van der Waals surface area contributed by atoms with Crippen molar-refractivity contribution in [3.63, 3.8) is 0 Å². The van der Waals surface area contributed by atoms with Crippen molar-refractivity contribution < 1.29 is 18.0 Å². The van der Waals surface area contributed by atoms with Gasteiger partial charge in [-0.25, -0.2) is 8.42 Å². The molecule has 11 heteroatoms. The molecule has 1 unspecified atom stereocenters. The molecule has 1 atom stereocenters. The first-order valence-electron chi connectivity index (χ1n) is 10.7. The second-order valence-electron chi connectivity index (χ2n) is 7.69. The van der Waals surface area contributed by atoms with E-state index in [4.69, 9.17) is 34.8 Å². The van der Waals surface area contributed by atoms with E-state index in [1.807, 2.05) is 6.92 Å². The number of carbonyl (C=O) groups is 2. The minimum Gasteiger partial charge on any atom is -0.354 e. The van der Waals surface area contributed by atoms with Crippen LogP contribution >= 0.6 is 34.8 Å². The highest BCUT2D eigenvalue weighted by atomic mass is 35.5. The van der Waals surface area contributed by atoms with E-state index in [-0.39, 0.29) is 23.2 Å². The van der Waals surface area contributed by atoms with Crippen LogP contribution in [0.3, 0.4) is 0 Å². The lowest BCUT2D eigenvalue weighted by atomic mass is 10.1. The van der Waals surface area contributed by atoms with Crippen molar-refractivity contribution in [1.82, 2.24) is 10.2 Å². The predicted octanol–water partition coefficient (Wildman–Crippen LogP) is 4.75. The SMILES string of the molecule is CCCNC(=O)C(CC)N(Cc1ccc(Cl)cc1Cl)C(=O)CN(c1ccccc1Cl)S(C)(=O)=O. The first kappa shape index (κ1) is 28.2. The van der Waals surface area contributed by atoms with Crippen molar-refractivity contribution in [3.05, 3.63) is 63.1 Å². The molecule has 0 aliphatic rings. The minimum atomic E-state index is -3.87. The summed E-state index contributed by atoms with van der Waals surface area (Å²) in [6, 6.07) is 10.4. The Morgan fingerprint density at radius 2 is 1.71 bits per heavy atom. The number of amides is 2. The molecule has 2 amide bonds. The van der Waals surface area contributed by atoms with Gasteiger partial charge in [-0.1, -0.05) is 66.8 Å². The summed E-state index contributed by atoms with van der Waals surface area (Å²) in [5.41, 5.74) is 0.748. The summed E-state index contributed by atoms with van der Waals surface area (Å²) in [4.78, 5) is 27.8. The molecule has 186 valence electrons. The molecular formula is C23H28Cl3N3O4S. The first-order valence-corrected chi connectivity index (χ1v) is 13.7. The molecule has 1 N–H and O–H groups in total. The third-order valence-electron chi connectivity index (χ3n) is 5.09. The van der Waals surface area contributed by atoms with Crippen LogP contribution in [0.25, 0.3) is 0 Å². The van der Waals surface area contributed by atoms with Crippen molar-refractivity contribution in [2.45, 2.75) is 39.3 Å². The molecule has 0 bridgehead atoms. The van der Waals surface area contributed by atoms with Crippen LogP contribution in [0.2, 0.25) is 15.1 Å². The summed E-state index contributed by atoms with van der Waals surface area (Å²) in [7, 11) is -3.87. The van der Waals surface area contributed by atoms with Gasteiger partial charge in [-0.05, 0) is 42.7 Å². The lowest BCUT2D eigenvalue weighted by Gasteiger charge is -2.33. The summed E-state index contributed by atoms with van der Waals surface area (Å²) in [5.74, 6) is -0.902. The van der Waals surface area contributed by atoms with Gasteiger partial charge in [0.2, 0.25) is 21.8 Å². The Morgan fingerprint density at radius 3 is 2.26 bits per heavy atom. The van der Waals surface area contributed by atoms with Gasteiger partial charge in [0.15, 0.2) is 0 Å². The molecule has 7 nitrogen and oxygen atoms in total. The lowest BCUT2D eigenvalue weighted by Crippen LogP contribution is -2.52. The monoisotopic (exact) mass is 547 g/mol. The number of benzene rings is 2. The van der Waals surface area contributed by atoms with E-state index in [0.717, 1.165) is 17.0 Å². The van der Waals surface area contributed by atoms with Crippen LogP contribution in [-0.2, 0) is 26.2 Å². The van der Waals surface area contributed by atoms with Gasteiger partial charge < -0.3 is 10.2 Å². The number of nitrogens with one attached hydrogen (secondary N) is 1. The van der Waals surface area contributed by atoms with Crippen molar-refractivity contribution >= 4 is 62.3 Å². The minimum absolute atomic E-state index is 0.00693. The van der Waals surface area contributed by atoms with E-state index in [1.54, 1.807) is 37.3 Å². The summed E-state index contributed by atoms with van der Waals surface area (Å²) in [6.45, 7) is 3.61. The molecule has 0 fully saturated rings. The smallest absolute Gasteiger partial charge is 0.244 e. The number of nitrogens with zero attached hydrogens (tertiary/aromatic N) is 2. The highest BCUT2D eigenvalue weighted by Crippen LogP contribution is 2.28. The number of sulfonamides is 1. The van der Waals surface area contributed by atoms with Gasteiger partial charge in [0.1, 0.15) is 12.6 Å². The fourth-order valence-electron chi connectivity index (χ4n) is 3.37. The maximum absolute atomic E-state index is 13.6. The van der Waals surface area contributed by atoms with E-state index in [2.05, 4.69) is 5.32 Å². The van der Waals surface area contributed by atoms with E-state index in [9.17, 15) is 18.0 Å². The highest BCUT2D eigenvalue weighted by molar-refractivity contribution is 7.92. The lowest BCUT2D eigenvalue weighted by molar-refractivity contribution is -0.140. The van der Waals surface area contributed by atoms with Gasteiger partial charge in [-0.2, -0.15) is 0 Å². The Labute approximate surface area is 216 Å². The molecule has 2 rings (SSSR count). The average Bonchev–Trinajstić information content (AvgIpc) is 2.77. The molecule has 0 aliphatic carbocycles. The summed E-state index contributed by atoms with van der Waals surface area (Å²) in [6.07, 6.45) is 2.04. The summed E-state index contributed by atoms with van der Waals surface area (Å²) in [5, 5.41) is 3.76. The van der Waals surface area contributed by atoms with Crippen molar-refractivity contribution in [3.8, 4) is 0 Å². The van der Waals surface area contributed by atoms with Gasteiger partial charge in [0.05, 0.1) is 17.0 Å².